The monoisotopic (exact) mass is 482 g/mol. The summed E-state index contributed by atoms with van der Waals surface area (Å²) in [4.78, 5) is 3.92. The molecular formula is C23H17BrF2N4O. The first kappa shape index (κ1) is 19.8. The number of nitrogens with zero attached hydrogens (tertiary/aromatic N) is 4. The number of para-hydroxylation sites is 1. The van der Waals surface area contributed by atoms with Crippen LogP contribution < -0.4 is 0 Å². The molecule has 0 aliphatic rings. The van der Waals surface area contributed by atoms with E-state index in [9.17, 15) is 13.9 Å². The molecule has 31 heavy (non-hydrogen) atoms. The largest absolute Gasteiger partial charge is 0.381 e. The van der Waals surface area contributed by atoms with Crippen molar-refractivity contribution in [2.75, 3.05) is 0 Å². The van der Waals surface area contributed by atoms with Crippen molar-refractivity contribution in [3.63, 3.8) is 0 Å². The number of aliphatic hydroxyl groups is 1. The van der Waals surface area contributed by atoms with Crippen LogP contribution in [-0.4, -0.2) is 24.4 Å². The maximum Gasteiger partial charge on any atom is 0.137 e. The first-order valence-electron chi connectivity index (χ1n) is 9.61. The van der Waals surface area contributed by atoms with Crippen molar-refractivity contribution in [3.8, 4) is 0 Å². The standard InChI is InChI=1S/C23H17BrF2N4O/c24-15-5-7-18-17-3-1-2-4-21(17)30(22(18)9-15)12-23(31,11-29-14-27-13-28-29)19-8-6-16(25)10-20(19)26/h1-10,13-14,31H,11-12H2. The van der Waals surface area contributed by atoms with E-state index >= 15 is 0 Å². The Morgan fingerprint density at radius 3 is 2.52 bits per heavy atom. The fraction of sp³-hybridized carbons (Fsp3) is 0.130. The molecule has 0 saturated carbocycles. The Labute approximate surface area is 184 Å². The molecule has 8 heteroatoms. The highest BCUT2D eigenvalue weighted by atomic mass is 79.9. The molecule has 5 rings (SSSR count). The first-order chi connectivity index (χ1) is 14.9. The zero-order valence-corrected chi connectivity index (χ0v) is 17.8. The molecule has 0 saturated heterocycles. The number of hydrogen-bond acceptors (Lipinski definition) is 3. The van der Waals surface area contributed by atoms with Gasteiger partial charge in [0, 0.05) is 32.4 Å². The van der Waals surface area contributed by atoms with Gasteiger partial charge in [-0.15, -0.1) is 0 Å². The summed E-state index contributed by atoms with van der Waals surface area (Å²) < 4.78 is 32.7. The number of benzene rings is 3. The molecule has 1 unspecified atom stereocenters. The summed E-state index contributed by atoms with van der Waals surface area (Å²) in [5, 5.41) is 17.9. The lowest BCUT2D eigenvalue weighted by atomic mass is 9.92. The van der Waals surface area contributed by atoms with Crippen LogP contribution in [0.3, 0.4) is 0 Å². The van der Waals surface area contributed by atoms with Crippen molar-refractivity contribution in [1.82, 2.24) is 19.3 Å². The van der Waals surface area contributed by atoms with E-state index in [4.69, 9.17) is 0 Å². The number of hydrogen-bond donors (Lipinski definition) is 1. The fourth-order valence-electron chi connectivity index (χ4n) is 4.12. The molecule has 0 radical (unpaired) electrons. The van der Waals surface area contributed by atoms with Crippen molar-refractivity contribution in [2.24, 2.45) is 0 Å². The molecule has 0 fully saturated rings. The minimum Gasteiger partial charge on any atom is -0.381 e. The van der Waals surface area contributed by atoms with Crippen LogP contribution >= 0.6 is 15.9 Å². The van der Waals surface area contributed by atoms with Gasteiger partial charge < -0.3 is 9.67 Å². The number of fused-ring (bicyclic) bond motifs is 3. The number of rotatable bonds is 5. The first-order valence-corrected chi connectivity index (χ1v) is 10.4. The lowest BCUT2D eigenvalue weighted by Crippen LogP contribution is -2.37. The smallest absolute Gasteiger partial charge is 0.137 e. The van der Waals surface area contributed by atoms with Gasteiger partial charge in [0.1, 0.15) is 29.9 Å². The second kappa shape index (κ2) is 7.55. The lowest BCUT2D eigenvalue weighted by Gasteiger charge is -2.30. The van der Waals surface area contributed by atoms with Gasteiger partial charge in [-0.1, -0.05) is 46.3 Å². The summed E-state index contributed by atoms with van der Waals surface area (Å²) in [6.07, 6.45) is 2.80. The Bertz CT molecular complexity index is 1400. The third-order valence-electron chi connectivity index (χ3n) is 5.48. The van der Waals surface area contributed by atoms with Crippen molar-refractivity contribution < 1.29 is 13.9 Å². The predicted octanol–water partition coefficient (Wildman–Crippen LogP) is 5.01. The molecular weight excluding hydrogens is 466 g/mol. The van der Waals surface area contributed by atoms with Crippen LogP contribution in [0.1, 0.15) is 5.56 Å². The van der Waals surface area contributed by atoms with Gasteiger partial charge in [0.15, 0.2) is 0 Å². The maximum absolute atomic E-state index is 14.8. The van der Waals surface area contributed by atoms with Gasteiger partial charge in [-0.05, 0) is 24.3 Å². The van der Waals surface area contributed by atoms with E-state index in [2.05, 4.69) is 26.0 Å². The third-order valence-corrected chi connectivity index (χ3v) is 5.97. The molecule has 2 heterocycles. The molecule has 156 valence electrons. The van der Waals surface area contributed by atoms with Gasteiger partial charge in [0.25, 0.3) is 0 Å². The van der Waals surface area contributed by atoms with Crippen LogP contribution in [0.2, 0.25) is 0 Å². The van der Waals surface area contributed by atoms with Gasteiger partial charge in [-0.3, -0.25) is 0 Å². The Morgan fingerprint density at radius 2 is 1.74 bits per heavy atom. The molecule has 0 amide bonds. The summed E-state index contributed by atoms with van der Waals surface area (Å²) in [7, 11) is 0. The van der Waals surface area contributed by atoms with Crippen molar-refractivity contribution in [2.45, 2.75) is 18.7 Å². The van der Waals surface area contributed by atoms with Gasteiger partial charge in [0.05, 0.1) is 18.6 Å². The van der Waals surface area contributed by atoms with E-state index in [1.165, 1.54) is 23.4 Å². The zero-order chi connectivity index (χ0) is 21.6. The average Bonchev–Trinajstić information content (AvgIpc) is 3.34. The number of halogens is 3. The Kier molecular flexibility index (Phi) is 4.83. The second-order valence-corrected chi connectivity index (χ2v) is 8.43. The Morgan fingerprint density at radius 1 is 0.935 bits per heavy atom. The van der Waals surface area contributed by atoms with Gasteiger partial charge >= 0.3 is 0 Å². The zero-order valence-electron chi connectivity index (χ0n) is 16.2. The Hall–Kier alpha value is -3.10. The molecule has 5 nitrogen and oxygen atoms in total. The van der Waals surface area contributed by atoms with Crippen LogP contribution in [0, 0.1) is 11.6 Å². The Balaban J connectivity index is 1.73. The molecule has 3 aromatic carbocycles. The summed E-state index contributed by atoms with van der Waals surface area (Å²) >= 11 is 3.52. The topological polar surface area (TPSA) is 55.9 Å². The van der Waals surface area contributed by atoms with E-state index in [0.29, 0.717) is 0 Å². The summed E-state index contributed by atoms with van der Waals surface area (Å²) in [6.45, 7) is -0.0343. The van der Waals surface area contributed by atoms with Crippen LogP contribution in [0.25, 0.3) is 21.8 Å². The highest BCUT2D eigenvalue weighted by Gasteiger charge is 2.35. The van der Waals surface area contributed by atoms with E-state index in [-0.39, 0.29) is 18.7 Å². The molecule has 0 bridgehead atoms. The third kappa shape index (κ3) is 3.51. The normalized spacial score (nSPS) is 13.7. The highest BCUT2D eigenvalue weighted by molar-refractivity contribution is 9.10. The highest BCUT2D eigenvalue weighted by Crippen LogP contribution is 2.35. The molecule has 1 atom stereocenters. The summed E-state index contributed by atoms with van der Waals surface area (Å²) in [5.41, 5.74) is 0.0540. The molecule has 0 aliphatic heterocycles. The molecule has 1 N–H and O–H groups in total. The van der Waals surface area contributed by atoms with E-state index in [0.717, 1.165) is 38.4 Å². The molecule has 2 aromatic heterocycles. The van der Waals surface area contributed by atoms with E-state index < -0.39 is 17.2 Å². The fourth-order valence-corrected chi connectivity index (χ4v) is 4.47. The minimum atomic E-state index is -1.72. The van der Waals surface area contributed by atoms with E-state index in [1.807, 2.05) is 47.0 Å². The van der Waals surface area contributed by atoms with Gasteiger partial charge in [-0.2, -0.15) is 5.10 Å². The van der Waals surface area contributed by atoms with Crippen molar-refractivity contribution in [1.29, 1.82) is 0 Å². The van der Waals surface area contributed by atoms with Crippen molar-refractivity contribution >= 4 is 37.7 Å². The van der Waals surface area contributed by atoms with Crippen LogP contribution in [0.4, 0.5) is 8.78 Å². The predicted molar refractivity (Wildman–Crippen MR) is 117 cm³/mol. The molecule has 5 aromatic rings. The summed E-state index contributed by atoms with van der Waals surface area (Å²) in [5.74, 6) is -1.52. The van der Waals surface area contributed by atoms with Gasteiger partial charge in [0.2, 0.25) is 0 Å². The van der Waals surface area contributed by atoms with Gasteiger partial charge in [-0.25, -0.2) is 18.4 Å². The van der Waals surface area contributed by atoms with Crippen LogP contribution in [0.5, 0.6) is 0 Å². The van der Waals surface area contributed by atoms with Crippen LogP contribution in [-0.2, 0) is 18.7 Å². The molecule has 0 aliphatic carbocycles. The SMILES string of the molecule is OC(Cn1cncn1)(Cn1c2ccccc2c2ccc(Br)cc21)c1ccc(F)cc1F. The lowest BCUT2D eigenvalue weighted by molar-refractivity contribution is -0.00340. The van der Waals surface area contributed by atoms with Crippen molar-refractivity contribution in [3.05, 3.63) is 95.0 Å². The summed E-state index contributed by atoms with van der Waals surface area (Å²) in [6, 6.07) is 17.0. The minimum absolute atomic E-state index is 0.00896. The number of aromatic nitrogens is 4. The second-order valence-electron chi connectivity index (χ2n) is 7.51. The maximum atomic E-state index is 14.8. The quantitative estimate of drug-likeness (QED) is 0.382. The van der Waals surface area contributed by atoms with E-state index in [1.54, 1.807) is 0 Å². The van der Waals surface area contributed by atoms with Crippen LogP contribution in [0.15, 0.2) is 77.8 Å². The molecule has 0 spiro atoms. The average molecular weight is 483 g/mol.